The van der Waals surface area contributed by atoms with Crippen molar-refractivity contribution in [3.63, 3.8) is 0 Å². The molecule has 0 bridgehead atoms. The Morgan fingerprint density at radius 2 is 2.08 bits per heavy atom. The summed E-state index contributed by atoms with van der Waals surface area (Å²) in [6, 6.07) is 8.44. The van der Waals surface area contributed by atoms with E-state index in [0.717, 1.165) is 11.5 Å². The molecule has 0 aliphatic carbocycles. The Labute approximate surface area is 147 Å². The predicted octanol–water partition coefficient (Wildman–Crippen LogP) is 2.01. The van der Waals surface area contributed by atoms with Gasteiger partial charge in [-0.1, -0.05) is 42.1 Å². The molecule has 1 amide bonds. The summed E-state index contributed by atoms with van der Waals surface area (Å²) in [5.74, 6) is -1.03. The molecule has 1 aromatic heterocycles. The molecule has 1 aromatic carbocycles. The molecule has 0 unspecified atom stereocenters. The highest BCUT2D eigenvalue weighted by Crippen LogP contribution is 2.30. The van der Waals surface area contributed by atoms with E-state index in [1.54, 1.807) is 30.3 Å². The number of rotatable bonds is 4. The molecule has 0 saturated carbocycles. The maximum Gasteiger partial charge on any atom is 0.293 e. The standard InChI is InChI=1S/C14H13N3O4S3/c1-22-14-16-13(23-17-14)15-12(18)10-11(9-5-3-2-4-6-9)24(19,20)8-7-21-10/h2-6H,7-8H2,1H3,(H,15,16,17,18). The highest BCUT2D eigenvalue weighted by atomic mass is 32.2. The first kappa shape index (κ1) is 16.9. The van der Waals surface area contributed by atoms with E-state index in [1.165, 1.54) is 11.8 Å². The number of nitrogens with one attached hydrogen (secondary N) is 1. The van der Waals surface area contributed by atoms with E-state index in [1.807, 2.05) is 6.26 Å². The fourth-order valence-corrected chi connectivity index (χ4v) is 4.69. The molecular weight excluding hydrogens is 370 g/mol. The molecule has 0 spiro atoms. The summed E-state index contributed by atoms with van der Waals surface area (Å²) < 4.78 is 34.3. The summed E-state index contributed by atoms with van der Waals surface area (Å²) in [5.41, 5.74) is 0.421. The van der Waals surface area contributed by atoms with Crippen LogP contribution in [-0.2, 0) is 19.4 Å². The molecule has 1 aliphatic heterocycles. The van der Waals surface area contributed by atoms with Crippen LogP contribution >= 0.6 is 23.3 Å². The van der Waals surface area contributed by atoms with Crippen molar-refractivity contribution in [3.05, 3.63) is 41.7 Å². The monoisotopic (exact) mass is 383 g/mol. The van der Waals surface area contributed by atoms with Crippen LogP contribution in [0.5, 0.6) is 0 Å². The van der Waals surface area contributed by atoms with Crippen molar-refractivity contribution in [3.8, 4) is 0 Å². The highest BCUT2D eigenvalue weighted by molar-refractivity contribution is 8.00. The quantitative estimate of drug-likeness (QED) is 0.807. The number of benzene rings is 1. The van der Waals surface area contributed by atoms with Gasteiger partial charge in [0, 0.05) is 11.5 Å². The van der Waals surface area contributed by atoms with Crippen molar-refractivity contribution in [1.29, 1.82) is 0 Å². The minimum Gasteiger partial charge on any atom is -0.486 e. The number of carbonyl (C=O) groups excluding carboxylic acids is 1. The minimum absolute atomic E-state index is 0.0619. The van der Waals surface area contributed by atoms with Gasteiger partial charge in [-0.25, -0.2) is 8.42 Å². The number of thioether (sulfide) groups is 1. The average molecular weight is 383 g/mol. The topological polar surface area (TPSA) is 98.2 Å². The Bertz CT molecular complexity index is 891. The smallest absolute Gasteiger partial charge is 0.293 e. The molecule has 0 fully saturated rings. The largest absolute Gasteiger partial charge is 0.486 e. The number of hydrogen-bond donors (Lipinski definition) is 1. The zero-order valence-corrected chi connectivity index (χ0v) is 15.0. The second kappa shape index (κ2) is 6.91. The van der Waals surface area contributed by atoms with E-state index < -0.39 is 15.7 Å². The van der Waals surface area contributed by atoms with Crippen LogP contribution in [0.2, 0.25) is 0 Å². The second-order valence-corrected chi connectivity index (χ2v) is 8.30. The number of aromatic nitrogens is 2. The van der Waals surface area contributed by atoms with Crippen molar-refractivity contribution in [2.45, 2.75) is 5.16 Å². The van der Waals surface area contributed by atoms with Crippen LogP contribution in [0.3, 0.4) is 0 Å². The van der Waals surface area contributed by atoms with Crippen LogP contribution in [0.1, 0.15) is 5.56 Å². The first-order valence-corrected chi connectivity index (χ1v) is 10.5. The zero-order chi connectivity index (χ0) is 17.2. The van der Waals surface area contributed by atoms with Crippen LogP contribution < -0.4 is 5.32 Å². The summed E-state index contributed by atoms with van der Waals surface area (Å²) in [4.78, 5) is 16.5. The van der Waals surface area contributed by atoms with Crippen LogP contribution in [0, 0.1) is 0 Å². The molecule has 0 atom stereocenters. The fourth-order valence-electron chi connectivity index (χ4n) is 2.13. The van der Waals surface area contributed by atoms with Gasteiger partial charge in [-0.2, -0.15) is 9.36 Å². The Hall–Kier alpha value is -1.91. The summed E-state index contributed by atoms with van der Waals surface area (Å²) in [5, 5.41) is 3.37. The van der Waals surface area contributed by atoms with E-state index in [2.05, 4.69) is 14.7 Å². The lowest BCUT2D eigenvalue weighted by atomic mass is 10.2. The molecule has 7 nitrogen and oxygen atoms in total. The minimum atomic E-state index is -3.61. The van der Waals surface area contributed by atoms with Gasteiger partial charge >= 0.3 is 0 Å². The van der Waals surface area contributed by atoms with Gasteiger partial charge in [0.25, 0.3) is 5.91 Å². The molecule has 0 radical (unpaired) electrons. The van der Waals surface area contributed by atoms with E-state index in [-0.39, 0.29) is 28.2 Å². The van der Waals surface area contributed by atoms with Crippen LogP contribution in [0.4, 0.5) is 5.13 Å². The molecule has 2 aromatic rings. The van der Waals surface area contributed by atoms with Crippen molar-refractivity contribution >= 4 is 49.1 Å². The van der Waals surface area contributed by atoms with E-state index in [0.29, 0.717) is 10.7 Å². The van der Waals surface area contributed by atoms with Crippen molar-refractivity contribution < 1.29 is 17.9 Å². The SMILES string of the molecule is CSc1nsc(NC(=O)C2=C(c3ccccc3)S(=O)(=O)CCO2)n1. The Balaban J connectivity index is 2.00. The normalized spacial score (nSPS) is 16.5. The van der Waals surface area contributed by atoms with Gasteiger partial charge in [0.05, 0.1) is 5.75 Å². The summed E-state index contributed by atoms with van der Waals surface area (Å²) in [7, 11) is -3.61. The molecule has 0 saturated heterocycles. The Kier molecular flexibility index (Phi) is 4.88. The highest BCUT2D eigenvalue weighted by Gasteiger charge is 2.33. The molecule has 126 valence electrons. The van der Waals surface area contributed by atoms with E-state index >= 15 is 0 Å². The number of carbonyl (C=O) groups is 1. The van der Waals surface area contributed by atoms with Crippen LogP contribution in [-0.4, -0.2) is 42.3 Å². The Morgan fingerprint density at radius 1 is 1.33 bits per heavy atom. The second-order valence-electron chi connectivity index (χ2n) is 4.73. The molecule has 1 aliphatic rings. The van der Waals surface area contributed by atoms with Crippen LogP contribution in [0.25, 0.3) is 4.91 Å². The van der Waals surface area contributed by atoms with Gasteiger partial charge in [0.1, 0.15) is 11.5 Å². The summed E-state index contributed by atoms with van der Waals surface area (Å²) in [6.45, 7) is -0.0619. The van der Waals surface area contributed by atoms with Gasteiger partial charge in [0.2, 0.25) is 16.0 Å². The van der Waals surface area contributed by atoms with Gasteiger partial charge in [0.15, 0.2) is 9.84 Å². The van der Waals surface area contributed by atoms with Gasteiger partial charge in [-0.05, 0) is 11.8 Å². The number of ether oxygens (including phenoxy) is 1. The number of sulfone groups is 1. The number of nitrogens with zero attached hydrogens (tertiary/aromatic N) is 2. The third-order valence-corrected chi connectivity index (χ3v) is 6.21. The van der Waals surface area contributed by atoms with Crippen LogP contribution in [0.15, 0.2) is 41.2 Å². The predicted molar refractivity (Wildman–Crippen MR) is 93.4 cm³/mol. The summed E-state index contributed by atoms with van der Waals surface area (Å²) in [6.07, 6.45) is 1.82. The maximum atomic E-state index is 12.5. The molecular formula is C14H13N3O4S3. The molecule has 2 heterocycles. The van der Waals surface area contributed by atoms with Crippen molar-refractivity contribution in [1.82, 2.24) is 9.36 Å². The van der Waals surface area contributed by atoms with E-state index in [9.17, 15) is 13.2 Å². The third kappa shape index (κ3) is 3.45. The average Bonchev–Trinajstić information content (AvgIpc) is 3.02. The first-order chi connectivity index (χ1) is 11.5. The number of amides is 1. The molecule has 3 rings (SSSR count). The lowest BCUT2D eigenvalue weighted by Gasteiger charge is -2.20. The van der Waals surface area contributed by atoms with Crippen molar-refractivity contribution in [2.24, 2.45) is 0 Å². The first-order valence-electron chi connectivity index (χ1n) is 6.85. The van der Waals surface area contributed by atoms with E-state index in [4.69, 9.17) is 4.74 Å². The molecule has 10 heteroatoms. The third-order valence-electron chi connectivity index (χ3n) is 3.17. The summed E-state index contributed by atoms with van der Waals surface area (Å²) >= 11 is 2.37. The maximum absolute atomic E-state index is 12.5. The fraction of sp³-hybridized carbons (Fsp3) is 0.214. The zero-order valence-electron chi connectivity index (χ0n) is 12.6. The Morgan fingerprint density at radius 3 is 2.75 bits per heavy atom. The molecule has 24 heavy (non-hydrogen) atoms. The lowest BCUT2D eigenvalue weighted by Crippen LogP contribution is -2.28. The number of anilines is 1. The number of hydrogen-bond acceptors (Lipinski definition) is 8. The van der Waals surface area contributed by atoms with Crippen molar-refractivity contribution in [2.75, 3.05) is 23.9 Å². The van der Waals surface area contributed by atoms with Gasteiger partial charge < -0.3 is 4.74 Å². The lowest BCUT2D eigenvalue weighted by molar-refractivity contribution is -0.115. The van der Waals surface area contributed by atoms with Gasteiger partial charge in [-0.3, -0.25) is 10.1 Å². The van der Waals surface area contributed by atoms with Gasteiger partial charge in [-0.15, -0.1) is 0 Å². The molecule has 1 N–H and O–H groups in total.